The van der Waals surface area contributed by atoms with Crippen LogP contribution in [0.4, 0.5) is 17.6 Å². The maximum absolute atomic E-state index is 5.42. The molecule has 2 saturated heterocycles. The van der Waals surface area contributed by atoms with Crippen molar-refractivity contribution in [3.05, 3.63) is 36.8 Å². The highest BCUT2D eigenvalue weighted by molar-refractivity contribution is 5.49. The van der Waals surface area contributed by atoms with Gasteiger partial charge < -0.3 is 19.9 Å². The van der Waals surface area contributed by atoms with Gasteiger partial charge in [-0.25, -0.2) is 14.5 Å². The lowest BCUT2D eigenvalue weighted by molar-refractivity contribution is 0.122. The second kappa shape index (κ2) is 6.99. The normalized spacial score (nSPS) is 20.4. The zero-order chi connectivity index (χ0) is 18.1. The summed E-state index contributed by atoms with van der Waals surface area (Å²) < 4.78 is 7.19. The number of ether oxygens (including phenoxy) is 1. The second-order valence-electron chi connectivity index (χ2n) is 6.83. The molecule has 0 saturated carbocycles. The van der Waals surface area contributed by atoms with E-state index < -0.39 is 0 Å². The predicted molar refractivity (Wildman–Crippen MR) is 102 cm³/mol. The van der Waals surface area contributed by atoms with E-state index in [1.807, 2.05) is 30.6 Å². The van der Waals surface area contributed by atoms with Crippen LogP contribution in [0.3, 0.4) is 0 Å². The number of hydrogen-bond acceptors (Lipinski definition) is 8. The van der Waals surface area contributed by atoms with Gasteiger partial charge in [0.1, 0.15) is 11.6 Å². The topological polar surface area (TPSA) is 83.7 Å². The van der Waals surface area contributed by atoms with Gasteiger partial charge in [-0.1, -0.05) is 0 Å². The fourth-order valence-corrected chi connectivity index (χ4v) is 3.63. The minimum Gasteiger partial charge on any atom is -0.378 e. The van der Waals surface area contributed by atoms with Gasteiger partial charge in [0, 0.05) is 50.7 Å². The van der Waals surface area contributed by atoms with E-state index in [0.29, 0.717) is 12.0 Å². The molecule has 9 nitrogen and oxygen atoms in total. The maximum atomic E-state index is 5.42. The van der Waals surface area contributed by atoms with Crippen LogP contribution in [0.5, 0.6) is 0 Å². The van der Waals surface area contributed by atoms with Crippen LogP contribution in [-0.4, -0.2) is 70.0 Å². The van der Waals surface area contributed by atoms with E-state index >= 15 is 0 Å². The summed E-state index contributed by atoms with van der Waals surface area (Å²) in [5.41, 5.74) is 0.866. The van der Waals surface area contributed by atoms with Crippen molar-refractivity contribution >= 4 is 23.2 Å². The molecule has 1 unspecified atom stereocenters. The van der Waals surface area contributed by atoms with Gasteiger partial charge >= 0.3 is 0 Å². The Labute approximate surface area is 157 Å². The van der Waals surface area contributed by atoms with Gasteiger partial charge in [0.25, 0.3) is 0 Å². The Morgan fingerprint density at radius 2 is 1.85 bits per heavy atom. The van der Waals surface area contributed by atoms with Crippen molar-refractivity contribution in [1.82, 2.24) is 24.6 Å². The highest BCUT2D eigenvalue weighted by Crippen LogP contribution is 2.21. The molecule has 27 heavy (non-hydrogen) atoms. The molecule has 2 aliphatic rings. The minimum absolute atomic E-state index is 0.299. The first-order chi connectivity index (χ1) is 13.3. The molecule has 0 aromatic carbocycles. The molecule has 1 atom stereocenters. The Morgan fingerprint density at radius 1 is 0.963 bits per heavy atom. The Bertz CT molecular complexity index is 922. The average Bonchev–Trinajstić information content (AvgIpc) is 3.37. The zero-order valence-electron chi connectivity index (χ0n) is 15.0. The third kappa shape index (κ3) is 3.37. The lowest BCUT2D eigenvalue weighted by atomic mass is 10.3. The third-order valence-electron chi connectivity index (χ3n) is 5.06. The summed E-state index contributed by atoms with van der Waals surface area (Å²) in [6.07, 6.45) is 6.56. The van der Waals surface area contributed by atoms with Crippen LogP contribution in [0.25, 0.3) is 5.65 Å². The molecule has 9 heteroatoms. The molecule has 0 bridgehead atoms. The molecule has 3 aromatic rings. The largest absolute Gasteiger partial charge is 0.378 e. The van der Waals surface area contributed by atoms with Crippen molar-refractivity contribution < 1.29 is 4.74 Å². The van der Waals surface area contributed by atoms with E-state index in [9.17, 15) is 0 Å². The van der Waals surface area contributed by atoms with E-state index in [1.165, 1.54) is 0 Å². The van der Waals surface area contributed by atoms with Gasteiger partial charge in [0.05, 0.1) is 19.4 Å². The van der Waals surface area contributed by atoms with E-state index in [0.717, 1.165) is 63.1 Å². The third-order valence-corrected chi connectivity index (χ3v) is 5.06. The SMILES string of the molecule is c1cc(N2CCOCC2)nc(NC2CCN(c3ccn4nccc4n3)C2)n1. The molecule has 0 aliphatic carbocycles. The first-order valence-corrected chi connectivity index (χ1v) is 9.33. The number of aromatic nitrogens is 5. The molecule has 2 aliphatic heterocycles. The van der Waals surface area contributed by atoms with E-state index in [1.54, 1.807) is 10.7 Å². The number of anilines is 3. The van der Waals surface area contributed by atoms with Gasteiger partial charge in [-0.2, -0.15) is 10.1 Å². The number of rotatable bonds is 4. The van der Waals surface area contributed by atoms with Crippen molar-refractivity contribution in [1.29, 1.82) is 0 Å². The first kappa shape index (κ1) is 16.2. The molecule has 5 heterocycles. The number of fused-ring (bicyclic) bond motifs is 1. The summed E-state index contributed by atoms with van der Waals surface area (Å²) >= 11 is 0. The molecular formula is C18H22N8O. The molecule has 3 aromatic heterocycles. The number of nitrogens with zero attached hydrogens (tertiary/aromatic N) is 7. The standard InChI is InChI=1S/C18H22N8O/c1-5-19-18(23-15(1)24-9-11-27-12-10-24)21-14-3-7-25(13-14)16-4-8-26-17(22-16)2-6-20-26/h1-2,4-6,8,14H,3,7,9-13H2,(H,19,21,23). The number of morpholine rings is 1. The van der Waals surface area contributed by atoms with Crippen LogP contribution < -0.4 is 15.1 Å². The molecule has 2 fully saturated rings. The van der Waals surface area contributed by atoms with Crippen molar-refractivity contribution in [3.8, 4) is 0 Å². The monoisotopic (exact) mass is 366 g/mol. The summed E-state index contributed by atoms with van der Waals surface area (Å²) in [4.78, 5) is 18.3. The van der Waals surface area contributed by atoms with Gasteiger partial charge in [-0.3, -0.25) is 0 Å². The molecular weight excluding hydrogens is 344 g/mol. The van der Waals surface area contributed by atoms with Crippen LogP contribution in [0.15, 0.2) is 36.8 Å². The van der Waals surface area contributed by atoms with Crippen molar-refractivity contribution in [2.45, 2.75) is 12.5 Å². The van der Waals surface area contributed by atoms with Gasteiger partial charge in [0.2, 0.25) is 5.95 Å². The van der Waals surface area contributed by atoms with Crippen LogP contribution in [-0.2, 0) is 4.74 Å². The fourth-order valence-electron chi connectivity index (χ4n) is 3.63. The van der Waals surface area contributed by atoms with E-state index in [4.69, 9.17) is 9.72 Å². The molecule has 5 rings (SSSR count). The highest BCUT2D eigenvalue weighted by Gasteiger charge is 2.24. The maximum Gasteiger partial charge on any atom is 0.224 e. The molecule has 0 spiro atoms. The van der Waals surface area contributed by atoms with Crippen LogP contribution >= 0.6 is 0 Å². The van der Waals surface area contributed by atoms with Gasteiger partial charge in [-0.15, -0.1) is 0 Å². The second-order valence-corrected chi connectivity index (χ2v) is 6.83. The number of nitrogens with one attached hydrogen (secondary N) is 1. The minimum atomic E-state index is 0.299. The van der Waals surface area contributed by atoms with Crippen molar-refractivity contribution in [3.63, 3.8) is 0 Å². The molecule has 140 valence electrons. The molecule has 1 N–H and O–H groups in total. The van der Waals surface area contributed by atoms with E-state index in [-0.39, 0.29) is 0 Å². The first-order valence-electron chi connectivity index (χ1n) is 9.33. The quantitative estimate of drug-likeness (QED) is 0.734. The van der Waals surface area contributed by atoms with Crippen LogP contribution in [0.1, 0.15) is 6.42 Å². The van der Waals surface area contributed by atoms with Crippen LogP contribution in [0.2, 0.25) is 0 Å². The predicted octanol–water partition coefficient (Wildman–Crippen LogP) is 1.05. The van der Waals surface area contributed by atoms with Crippen molar-refractivity contribution in [2.75, 3.05) is 54.5 Å². The zero-order valence-corrected chi connectivity index (χ0v) is 15.0. The fraction of sp³-hybridized carbons (Fsp3) is 0.444. The lowest BCUT2D eigenvalue weighted by Gasteiger charge is -2.28. The smallest absolute Gasteiger partial charge is 0.224 e. The van der Waals surface area contributed by atoms with Crippen molar-refractivity contribution in [2.24, 2.45) is 0 Å². The summed E-state index contributed by atoms with van der Waals surface area (Å²) in [5, 5.41) is 7.68. The summed E-state index contributed by atoms with van der Waals surface area (Å²) in [6, 6.07) is 6.19. The molecule has 0 radical (unpaired) electrons. The summed E-state index contributed by atoms with van der Waals surface area (Å²) in [6.45, 7) is 5.07. The average molecular weight is 366 g/mol. The Kier molecular flexibility index (Phi) is 4.21. The summed E-state index contributed by atoms with van der Waals surface area (Å²) in [7, 11) is 0. The Morgan fingerprint density at radius 3 is 2.78 bits per heavy atom. The lowest BCUT2D eigenvalue weighted by Crippen LogP contribution is -2.37. The molecule has 0 amide bonds. The number of hydrogen-bond donors (Lipinski definition) is 1. The van der Waals surface area contributed by atoms with Gasteiger partial charge in [0.15, 0.2) is 5.65 Å². The Hall–Kier alpha value is -2.94. The summed E-state index contributed by atoms with van der Waals surface area (Å²) in [5.74, 6) is 2.62. The van der Waals surface area contributed by atoms with Gasteiger partial charge in [-0.05, 0) is 18.6 Å². The van der Waals surface area contributed by atoms with E-state index in [2.05, 4.69) is 30.2 Å². The van der Waals surface area contributed by atoms with Crippen LogP contribution in [0, 0.1) is 0 Å². The highest BCUT2D eigenvalue weighted by atomic mass is 16.5. The Balaban J connectivity index is 1.25.